The first kappa shape index (κ1) is 17.2. The number of carbonyl (C=O) groups excluding carboxylic acids is 1. The van der Waals surface area contributed by atoms with Gasteiger partial charge < -0.3 is 10.1 Å². The first-order valence-corrected chi connectivity index (χ1v) is 8.78. The Kier molecular flexibility index (Phi) is 4.81. The molecule has 1 N–H and O–H groups in total. The first-order valence-electron chi connectivity index (χ1n) is 8.78. The molecule has 2 bridgehead atoms. The van der Waals surface area contributed by atoms with Crippen LogP contribution >= 0.6 is 0 Å². The topological polar surface area (TPSA) is 41.6 Å². The van der Waals surface area contributed by atoms with Gasteiger partial charge in [0, 0.05) is 18.6 Å². The lowest BCUT2D eigenvalue weighted by molar-refractivity contribution is -0.0135. The predicted octanol–water partition coefficient (Wildman–Crippen LogP) is 3.65. The van der Waals surface area contributed by atoms with Gasteiger partial charge in [0.15, 0.2) is 0 Å². The Morgan fingerprint density at radius 2 is 2.00 bits per heavy atom. The van der Waals surface area contributed by atoms with E-state index in [-0.39, 0.29) is 24.2 Å². The normalized spacial score (nSPS) is 29.6. The van der Waals surface area contributed by atoms with Crippen LogP contribution in [0.1, 0.15) is 45.6 Å². The van der Waals surface area contributed by atoms with Crippen molar-refractivity contribution < 1.29 is 13.9 Å². The zero-order valence-electron chi connectivity index (χ0n) is 14.7. The summed E-state index contributed by atoms with van der Waals surface area (Å²) in [6.45, 7) is 6.17. The van der Waals surface area contributed by atoms with Crippen LogP contribution in [0, 0.1) is 0 Å². The Labute approximate surface area is 143 Å². The summed E-state index contributed by atoms with van der Waals surface area (Å²) in [5, 5.41) is 3.34. The number of hydrogen-bond acceptors (Lipinski definition) is 3. The number of piperidine rings is 1. The van der Waals surface area contributed by atoms with Crippen LogP contribution < -0.4 is 5.32 Å². The molecule has 1 aromatic rings. The van der Waals surface area contributed by atoms with Gasteiger partial charge in [-0.25, -0.2) is 9.18 Å². The van der Waals surface area contributed by atoms with Gasteiger partial charge in [-0.2, -0.15) is 0 Å². The molecule has 2 heterocycles. The van der Waals surface area contributed by atoms with E-state index in [1.165, 1.54) is 0 Å². The number of halogens is 1. The zero-order valence-corrected chi connectivity index (χ0v) is 14.7. The SMILES string of the molecule is CC(C)(C)OC(=O)N1[C@@H]2CC[C@H]1[C@@H](F)[C@@H](NCc1ccccc1)C2. The molecule has 0 saturated carbocycles. The standard InChI is InChI=1S/C19H27FN2O2/c1-19(2,3)24-18(23)22-14-9-10-16(22)17(20)15(11-14)21-12-13-7-5-4-6-8-13/h4-8,14-17,21H,9-12H2,1-3H3/t14-,15+,16+,17+/m1/s1. The molecule has 1 amide bonds. The van der Waals surface area contributed by atoms with Crippen molar-refractivity contribution in [2.75, 3.05) is 0 Å². The Bertz CT molecular complexity index is 572. The highest BCUT2D eigenvalue weighted by molar-refractivity contribution is 5.70. The number of alkyl halides is 1. The highest BCUT2D eigenvalue weighted by atomic mass is 19.1. The van der Waals surface area contributed by atoms with Crippen molar-refractivity contribution in [2.24, 2.45) is 0 Å². The minimum absolute atomic E-state index is 0.0742. The molecule has 0 spiro atoms. The van der Waals surface area contributed by atoms with Gasteiger partial charge in [-0.15, -0.1) is 0 Å². The summed E-state index contributed by atoms with van der Waals surface area (Å²) in [6, 6.07) is 9.51. The fraction of sp³-hybridized carbons (Fsp3) is 0.632. The highest BCUT2D eigenvalue weighted by Gasteiger charge is 2.50. The average Bonchev–Trinajstić information content (AvgIpc) is 2.87. The average molecular weight is 334 g/mol. The van der Waals surface area contributed by atoms with Crippen molar-refractivity contribution in [2.45, 2.75) is 76.5 Å². The van der Waals surface area contributed by atoms with Crippen LogP contribution in [0.15, 0.2) is 30.3 Å². The van der Waals surface area contributed by atoms with E-state index in [4.69, 9.17) is 4.74 Å². The van der Waals surface area contributed by atoms with Crippen LogP contribution in [0.5, 0.6) is 0 Å². The number of carbonyl (C=O) groups is 1. The highest BCUT2D eigenvalue weighted by Crippen LogP contribution is 2.38. The summed E-state index contributed by atoms with van der Waals surface area (Å²) in [5.41, 5.74) is 0.594. The Morgan fingerprint density at radius 1 is 1.29 bits per heavy atom. The van der Waals surface area contributed by atoms with E-state index in [0.717, 1.165) is 12.0 Å². The van der Waals surface area contributed by atoms with Crippen molar-refractivity contribution in [3.63, 3.8) is 0 Å². The van der Waals surface area contributed by atoms with Crippen molar-refractivity contribution in [1.29, 1.82) is 0 Å². The summed E-state index contributed by atoms with van der Waals surface area (Å²) in [7, 11) is 0. The largest absolute Gasteiger partial charge is 0.444 e. The molecule has 24 heavy (non-hydrogen) atoms. The third kappa shape index (κ3) is 3.72. The number of nitrogens with zero attached hydrogens (tertiary/aromatic N) is 1. The van der Waals surface area contributed by atoms with Crippen molar-refractivity contribution in [3.8, 4) is 0 Å². The second kappa shape index (κ2) is 6.71. The van der Waals surface area contributed by atoms with E-state index in [2.05, 4.69) is 5.32 Å². The second-order valence-electron chi connectivity index (χ2n) is 7.84. The second-order valence-corrected chi connectivity index (χ2v) is 7.84. The summed E-state index contributed by atoms with van der Waals surface area (Å²) in [5.74, 6) is 0. The minimum atomic E-state index is -1.06. The van der Waals surface area contributed by atoms with E-state index in [9.17, 15) is 9.18 Å². The molecular formula is C19H27FN2O2. The molecule has 2 fully saturated rings. The van der Waals surface area contributed by atoms with Gasteiger partial charge in [0.2, 0.25) is 0 Å². The summed E-state index contributed by atoms with van der Waals surface area (Å²) in [4.78, 5) is 14.1. The van der Waals surface area contributed by atoms with Crippen molar-refractivity contribution >= 4 is 6.09 Å². The van der Waals surface area contributed by atoms with Crippen LogP contribution in [-0.2, 0) is 11.3 Å². The van der Waals surface area contributed by atoms with E-state index in [0.29, 0.717) is 19.4 Å². The molecular weight excluding hydrogens is 307 g/mol. The number of ether oxygens (including phenoxy) is 1. The van der Waals surface area contributed by atoms with Gasteiger partial charge in [-0.1, -0.05) is 30.3 Å². The molecule has 4 atom stereocenters. The van der Waals surface area contributed by atoms with Gasteiger partial charge >= 0.3 is 6.09 Å². The lowest BCUT2D eigenvalue weighted by atomic mass is 9.95. The molecule has 132 valence electrons. The monoisotopic (exact) mass is 334 g/mol. The number of rotatable bonds is 3. The molecule has 2 saturated heterocycles. The molecule has 0 aliphatic carbocycles. The Balaban J connectivity index is 1.62. The van der Waals surface area contributed by atoms with E-state index >= 15 is 0 Å². The maximum Gasteiger partial charge on any atom is 0.410 e. The molecule has 4 nitrogen and oxygen atoms in total. The maximum atomic E-state index is 15.0. The fourth-order valence-corrected chi connectivity index (χ4v) is 3.79. The molecule has 0 unspecified atom stereocenters. The van der Waals surface area contributed by atoms with Gasteiger partial charge in [0.05, 0.1) is 6.04 Å². The smallest absolute Gasteiger partial charge is 0.410 e. The van der Waals surface area contributed by atoms with Crippen molar-refractivity contribution in [1.82, 2.24) is 10.2 Å². The summed E-state index contributed by atoms with van der Waals surface area (Å²) < 4.78 is 20.4. The maximum absolute atomic E-state index is 15.0. The number of amides is 1. The summed E-state index contributed by atoms with van der Waals surface area (Å²) >= 11 is 0. The van der Waals surface area contributed by atoms with Gasteiger partial charge in [-0.3, -0.25) is 4.90 Å². The molecule has 1 aromatic carbocycles. The van der Waals surface area contributed by atoms with Crippen LogP contribution in [0.3, 0.4) is 0 Å². The molecule has 5 heteroatoms. The van der Waals surface area contributed by atoms with Crippen LogP contribution in [0.4, 0.5) is 9.18 Å². The molecule has 0 radical (unpaired) electrons. The first-order chi connectivity index (χ1) is 11.3. The van der Waals surface area contributed by atoms with Gasteiger partial charge in [0.1, 0.15) is 11.8 Å². The molecule has 0 aromatic heterocycles. The molecule has 2 aliphatic heterocycles. The third-order valence-electron chi connectivity index (χ3n) is 4.84. The lowest BCUT2D eigenvalue weighted by Gasteiger charge is -2.41. The lowest BCUT2D eigenvalue weighted by Crippen LogP contribution is -2.59. The van der Waals surface area contributed by atoms with E-state index in [1.54, 1.807) is 4.90 Å². The summed E-state index contributed by atoms with van der Waals surface area (Å²) in [6.07, 6.45) is 0.783. The third-order valence-corrected chi connectivity index (χ3v) is 4.84. The van der Waals surface area contributed by atoms with Gasteiger partial charge in [0.25, 0.3) is 0 Å². The predicted molar refractivity (Wildman–Crippen MR) is 91.5 cm³/mol. The van der Waals surface area contributed by atoms with Crippen LogP contribution in [-0.4, -0.2) is 40.9 Å². The Hall–Kier alpha value is -1.62. The number of benzene rings is 1. The quantitative estimate of drug-likeness (QED) is 0.917. The van der Waals surface area contributed by atoms with Gasteiger partial charge in [-0.05, 0) is 45.6 Å². The number of hydrogen-bond donors (Lipinski definition) is 1. The van der Waals surface area contributed by atoms with Crippen LogP contribution in [0.25, 0.3) is 0 Å². The molecule has 3 rings (SSSR count). The minimum Gasteiger partial charge on any atom is -0.444 e. The molecule has 2 aliphatic rings. The fourth-order valence-electron chi connectivity index (χ4n) is 3.79. The van der Waals surface area contributed by atoms with E-state index in [1.807, 2.05) is 51.1 Å². The number of fused-ring (bicyclic) bond motifs is 2. The number of nitrogens with one attached hydrogen (secondary N) is 1. The van der Waals surface area contributed by atoms with E-state index < -0.39 is 11.8 Å². The zero-order chi connectivity index (χ0) is 17.3. The van der Waals surface area contributed by atoms with Crippen LogP contribution in [0.2, 0.25) is 0 Å². The Morgan fingerprint density at radius 3 is 2.67 bits per heavy atom. The van der Waals surface area contributed by atoms with Crippen molar-refractivity contribution in [3.05, 3.63) is 35.9 Å².